The topological polar surface area (TPSA) is 96.7 Å². The quantitative estimate of drug-likeness (QED) is 0.671. The van der Waals surface area contributed by atoms with Crippen LogP contribution in [0.15, 0.2) is 17.8 Å². The number of aromatic nitrogens is 3. The van der Waals surface area contributed by atoms with E-state index in [2.05, 4.69) is 20.3 Å². The fourth-order valence-electron chi connectivity index (χ4n) is 1.55. The summed E-state index contributed by atoms with van der Waals surface area (Å²) < 4.78 is 0. The predicted molar refractivity (Wildman–Crippen MR) is 70.1 cm³/mol. The molecule has 0 saturated heterocycles. The number of aromatic amines is 1. The van der Waals surface area contributed by atoms with Gasteiger partial charge in [0, 0.05) is 30.7 Å². The Bertz CT molecular complexity index is 493. The highest BCUT2D eigenvalue weighted by molar-refractivity contribution is 7.13. The van der Waals surface area contributed by atoms with Crippen LogP contribution in [0.5, 0.6) is 0 Å². The molecule has 0 unspecified atom stereocenters. The fraction of sp³-hybridized carbons (Fsp3) is 0.364. The molecule has 0 aliphatic carbocycles. The minimum atomic E-state index is -0.0280. The number of imidazole rings is 1. The van der Waals surface area contributed by atoms with Crippen molar-refractivity contribution in [3.05, 3.63) is 29.3 Å². The number of thiazole rings is 1. The normalized spacial score (nSPS) is 10.4. The number of nitrogens with zero attached hydrogens (tertiary/aromatic N) is 2. The number of anilines is 1. The van der Waals surface area contributed by atoms with Gasteiger partial charge in [0.15, 0.2) is 5.13 Å². The van der Waals surface area contributed by atoms with Crippen LogP contribution < -0.4 is 11.1 Å². The zero-order chi connectivity index (χ0) is 12.8. The van der Waals surface area contributed by atoms with Crippen molar-refractivity contribution in [2.75, 3.05) is 12.3 Å². The van der Waals surface area contributed by atoms with E-state index in [-0.39, 0.29) is 12.3 Å². The van der Waals surface area contributed by atoms with Gasteiger partial charge < -0.3 is 16.0 Å². The van der Waals surface area contributed by atoms with Crippen molar-refractivity contribution in [3.63, 3.8) is 0 Å². The number of amides is 1. The molecule has 0 aliphatic heterocycles. The third kappa shape index (κ3) is 3.85. The van der Waals surface area contributed by atoms with Crippen molar-refractivity contribution in [1.29, 1.82) is 0 Å². The van der Waals surface area contributed by atoms with Gasteiger partial charge in [0.25, 0.3) is 0 Å². The van der Waals surface area contributed by atoms with Crippen molar-refractivity contribution in [1.82, 2.24) is 20.3 Å². The number of nitrogens with one attached hydrogen (secondary N) is 2. The van der Waals surface area contributed by atoms with Crippen molar-refractivity contribution < 1.29 is 4.79 Å². The first kappa shape index (κ1) is 12.6. The molecule has 0 bridgehead atoms. The largest absolute Gasteiger partial charge is 0.375 e. The highest BCUT2D eigenvalue weighted by Gasteiger charge is 2.06. The first-order chi connectivity index (χ1) is 8.74. The highest BCUT2D eigenvalue weighted by atomic mass is 32.1. The number of nitrogen functional groups attached to an aromatic ring is 1. The smallest absolute Gasteiger partial charge is 0.226 e. The third-order valence-corrected chi connectivity index (χ3v) is 3.10. The zero-order valence-electron chi connectivity index (χ0n) is 9.85. The van der Waals surface area contributed by atoms with Gasteiger partial charge in [0.2, 0.25) is 5.91 Å². The third-order valence-electron chi connectivity index (χ3n) is 2.38. The Labute approximate surface area is 109 Å². The predicted octanol–water partition coefficient (Wildman–Crippen LogP) is 0.740. The van der Waals surface area contributed by atoms with Crippen LogP contribution in [0.1, 0.15) is 17.9 Å². The van der Waals surface area contributed by atoms with Gasteiger partial charge in [-0.1, -0.05) is 0 Å². The minimum Gasteiger partial charge on any atom is -0.375 e. The number of hydrogen-bond donors (Lipinski definition) is 3. The molecule has 0 aromatic carbocycles. The van der Waals surface area contributed by atoms with Gasteiger partial charge >= 0.3 is 0 Å². The number of aryl methyl sites for hydroxylation is 1. The van der Waals surface area contributed by atoms with Crippen LogP contribution in [0.2, 0.25) is 0 Å². The lowest BCUT2D eigenvalue weighted by Crippen LogP contribution is -2.26. The van der Waals surface area contributed by atoms with Crippen molar-refractivity contribution >= 4 is 22.4 Å². The summed E-state index contributed by atoms with van der Waals surface area (Å²) in [5.41, 5.74) is 6.22. The lowest BCUT2D eigenvalue weighted by molar-refractivity contribution is -0.120. The molecular formula is C11H15N5OS. The molecule has 0 atom stereocenters. The molecule has 0 spiro atoms. The maximum absolute atomic E-state index is 11.6. The van der Waals surface area contributed by atoms with Gasteiger partial charge in [-0.3, -0.25) is 4.79 Å². The Morgan fingerprint density at radius 2 is 2.44 bits per heavy atom. The van der Waals surface area contributed by atoms with Crippen LogP contribution in [0.25, 0.3) is 0 Å². The molecule has 0 aliphatic rings. The number of H-pyrrole nitrogens is 1. The van der Waals surface area contributed by atoms with E-state index in [1.165, 1.54) is 11.3 Å². The van der Waals surface area contributed by atoms with Gasteiger partial charge in [-0.15, -0.1) is 11.3 Å². The Morgan fingerprint density at radius 3 is 3.11 bits per heavy atom. The lowest BCUT2D eigenvalue weighted by Gasteiger charge is -2.02. The van der Waals surface area contributed by atoms with Gasteiger partial charge in [0.05, 0.1) is 12.1 Å². The summed E-state index contributed by atoms with van der Waals surface area (Å²) in [7, 11) is 0. The van der Waals surface area contributed by atoms with E-state index in [1.807, 2.05) is 0 Å². The summed E-state index contributed by atoms with van der Waals surface area (Å²) in [4.78, 5) is 22.7. The summed E-state index contributed by atoms with van der Waals surface area (Å²) in [5, 5.41) is 5.15. The standard InChI is InChI=1S/C11H15N5OS/c12-11-16-8(7-18-11)6-10(17)15-3-1-2-9-13-4-5-14-9/h4-5,7H,1-3,6H2,(H2,12,16)(H,13,14)(H,15,17). The fourth-order valence-corrected chi connectivity index (χ4v) is 2.11. The molecule has 2 aromatic heterocycles. The number of nitrogens with two attached hydrogens (primary N) is 1. The minimum absolute atomic E-state index is 0.0280. The summed E-state index contributed by atoms with van der Waals surface area (Å²) in [6, 6.07) is 0. The van der Waals surface area contributed by atoms with E-state index >= 15 is 0 Å². The molecule has 18 heavy (non-hydrogen) atoms. The average Bonchev–Trinajstić information content (AvgIpc) is 2.96. The maximum Gasteiger partial charge on any atom is 0.226 e. The number of rotatable bonds is 6. The molecule has 0 radical (unpaired) electrons. The van der Waals surface area contributed by atoms with Crippen molar-refractivity contribution in [3.8, 4) is 0 Å². The Morgan fingerprint density at radius 1 is 1.56 bits per heavy atom. The number of hydrogen-bond acceptors (Lipinski definition) is 5. The Balaban J connectivity index is 1.63. The molecule has 4 N–H and O–H groups in total. The van der Waals surface area contributed by atoms with Gasteiger partial charge in [-0.2, -0.15) is 0 Å². The zero-order valence-corrected chi connectivity index (χ0v) is 10.7. The molecule has 0 saturated carbocycles. The molecule has 7 heteroatoms. The molecule has 1 amide bonds. The summed E-state index contributed by atoms with van der Waals surface area (Å²) in [5.74, 6) is 0.913. The van der Waals surface area contributed by atoms with Gasteiger partial charge in [-0.25, -0.2) is 9.97 Å². The summed E-state index contributed by atoms with van der Waals surface area (Å²) in [6.07, 6.45) is 5.49. The van der Waals surface area contributed by atoms with E-state index in [0.29, 0.717) is 11.7 Å². The van der Waals surface area contributed by atoms with Gasteiger partial charge in [-0.05, 0) is 6.42 Å². The van der Waals surface area contributed by atoms with E-state index in [4.69, 9.17) is 5.73 Å². The SMILES string of the molecule is Nc1nc(CC(=O)NCCCc2ncc[nH]2)cs1. The van der Waals surface area contributed by atoms with Crippen LogP contribution in [0.3, 0.4) is 0 Å². The average molecular weight is 265 g/mol. The number of carbonyl (C=O) groups excluding carboxylic acids is 1. The first-order valence-corrected chi connectivity index (χ1v) is 6.57. The summed E-state index contributed by atoms with van der Waals surface area (Å²) >= 11 is 1.35. The Kier molecular flexibility index (Phi) is 4.30. The maximum atomic E-state index is 11.6. The molecular weight excluding hydrogens is 250 g/mol. The van der Waals surface area contributed by atoms with Crippen molar-refractivity contribution in [2.24, 2.45) is 0 Å². The van der Waals surface area contributed by atoms with Crippen LogP contribution in [0, 0.1) is 0 Å². The molecule has 96 valence electrons. The molecule has 2 rings (SSSR count). The molecule has 2 heterocycles. The second-order valence-electron chi connectivity index (χ2n) is 3.84. The van der Waals surface area contributed by atoms with Crippen LogP contribution in [-0.2, 0) is 17.6 Å². The number of carbonyl (C=O) groups is 1. The van der Waals surface area contributed by atoms with E-state index in [1.54, 1.807) is 17.8 Å². The second kappa shape index (κ2) is 6.15. The second-order valence-corrected chi connectivity index (χ2v) is 4.73. The monoisotopic (exact) mass is 265 g/mol. The Hall–Kier alpha value is -1.89. The van der Waals surface area contributed by atoms with E-state index in [0.717, 1.165) is 24.4 Å². The lowest BCUT2D eigenvalue weighted by atomic mass is 10.3. The van der Waals surface area contributed by atoms with Crippen LogP contribution in [-0.4, -0.2) is 27.4 Å². The van der Waals surface area contributed by atoms with Crippen molar-refractivity contribution in [2.45, 2.75) is 19.3 Å². The van der Waals surface area contributed by atoms with E-state index < -0.39 is 0 Å². The van der Waals surface area contributed by atoms with E-state index in [9.17, 15) is 4.79 Å². The van der Waals surface area contributed by atoms with Crippen LogP contribution in [0.4, 0.5) is 5.13 Å². The molecule has 6 nitrogen and oxygen atoms in total. The highest BCUT2D eigenvalue weighted by Crippen LogP contribution is 2.11. The molecule has 2 aromatic rings. The van der Waals surface area contributed by atoms with Gasteiger partial charge in [0.1, 0.15) is 5.82 Å². The van der Waals surface area contributed by atoms with Crippen LogP contribution >= 0.6 is 11.3 Å². The first-order valence-electron chi connectivity index (χ1n) is 5.69. The molecule has 0 fully saturated rings. The summed E-state index contributed by atoms with van der Waals surface area (Å²) in [6.45, 7) is 0.638.